The van der Waals surface area contributed by atoms with Crippen molar-refractivity contribution in [3.63, 3.8) is 0 Å². The number of hydrogen-bond donors (Lipinski definition) is 1. The molecule has 3 aromatic rings. The minimum Gasteiger partial charge on any atom is -0.360 e. The van der Waals surface area contributed by atoms with Gasteiger partial charge in [-0.3, -0.25) is 9.78 Å². The maximum Gasteiger partial charge on any atom is 0.254 e. The number of nitrogens with zero attached hydrogens (tertiary/aromatic N) is 2. The van der Waals surface area contributed by atoms with Crippen molar-refractivity contribution in [2.45, 2.75) is 19.8 Å². The van der Waals surface area contributed by atoms with Gasteiger partial charge in [0.2, 0.25) is 0 Å². The number of aromatic amines is 1. The summed E-state index contributed by atoms with van der Waals surface area (Å²) in [5.74, 6) is 0.0740. The van der Waals surface area contributed by atoms with Crippen LogP contribution in [-0.4, -0.2) is 33.9 Å². The average molecular weight is 331 g/mol. The summed E-state index contributed by atoms with van der Waals surface area (Å²) in [6.45, 7) is 3.57. The quantitative estimate of drug-likeness (QED) is 0.787. The number of para-hydroxylation sites is 1. The summed E-state index contributed by atoms with van der Waals surface area (Å²) in [4.78, 5) is 21.9. The summed E-state index contributed by atoms with van der Waals surface area (Å²) in [6, 6.07) is 10.0. The first kappa shape index (κ1) is 15.6. The van der Waals surface area contributed by atoms with Gasteiger partial charge in [0, 0.05) is 53.7 Å². The molecule has 1 N–H and O–H groups in total. The zero-order chi connectivity index (χ0) is 17.2. The van der Waals surface area contributed by atoms with Gasteiger partial charge in [-0.1, -0.05) is 31.2 Å². The zero-order valence-electron chi connectivity index (χ0n) is 14.3. The van der Waals surface area contributed by atoms with Crippen molar-refractivity contribution in [3.05, 3.63) is 71.7 Å². The highest BCUT2D eigenvalue weighted by Gasteiger charge is 2.20. The Hall–Kier alpha value is -2.88. The summed E-state index contributed by atoms with van der Waals surface area (Å²) >= 11 is 0. The zero-order valence-corrected chi connectivity index (χ0v) is 14.3. The molecule has 1 aliphatic heterocycles. The maximum atomic E-state index is 12.6. The van der Waals surface area contributed by atoms with Gasteiger partial charge in [0.1, 0.15) is 0 Å². The third kappa shape index (κ3) is 2.84. The monoisotopic (exact) mass is 331 g/mol. The molecule has 1 amide bonds. The second kappa shape index (κ2) is 6.55. The van der Waals surface area contributed by atoms with Crippen LogP contribution < -0.4 is 0 Å². The van der Waals surface area contributed by atoms with Crippen molar-refractivity contribution in [2.24, 2.45) is 0 Å². The first-order valence-electron chi connectivity index (χ1n) is 8.75. The van der Waals surface area contributed by atoms with Crippen LogP contribution in [0.25, 0.3) is 16.5 Å². The minimum atomic E-state index is 0.0740. The first-order valence-corrected chi connectivity index (χ1v) is 8.75. The number of pyridine rings is 1. The Morgan fingerprint density at radius 1 is 1.24 bits per heavy atom. The van der Waals surface area contributed by atoms with E-state index in [0.29, 0.717) is 12.1 Å². The molecule has 1 aromatic carbocycles. The molecule has 1 aliphatic rings. The standard InChI is InChI=1S/C21H21N3O/c1-2-15-4-3-5-18-19(14-23-20(15)18)16-8-12-24(13-9-16)21(25)17-6-10-22-11-7-17/h3-8,10-11,14,23H,2,9,12-13H2,1H3. The van der Waals surface area contributed by atoms with Crippen LogP contribution in [0.4, 0.5) is 0 Å². The fourth-order valence-electron chi connectivity index (χ4n) is 3.55. The Kier molecular flexibility index (Phi) is 4.10. The van der Waals surface area contributed by atoms with Gasteiger partial charge >= 0.3 is 0 Å². The summed E-state index contributed by atoms with van der Waals surface area (Å²) < 4.78 is 0. The summed E-state index contributed by atoms with van der Waals surface area (Å²) in [6.07, 6.45) is 9.51. The van der Waals surface area contributed by atoms with Crippen molar-refractivity contribution in [3.8, 4) is 0 Å². The molecule has 0 atom stereocenters. The molecule has 0 aliphatic carbocycles. The number of carbonyl (C=O) groups is 1. The Labute approximate surface area is 147 Å². The smallest absolute Gasteiger partial charge is 0.254 e. The van der Waals surface area contributed by atoms with Crippen LogP contribution in [0.5, 0.6) is 0 Å². The van der Waals surface area contributed by atoms with Gasteiger partial charge in [0.15, 0.2) is 0 Å². The second-order valence-corrected chi connectivity index (χ2v) is 6.36. The van der Waals surface area contributed by atoms with Crippen LogP contribution in [0.2, 0.25) is 0 Å². The first-order chi connectivity index (χ1) is 12.3. The topological polar surface area (TPSA) is 49.0 Å². The largest absolute Gasteiger partial charge is 0.360 e. The molecule has 2 aromatic heterocycles. The van der Waals surface area contributed by atoms with E-state index in [9.17, 15) is 4.79 Å². The fraction of sp³-hybridized carbons (Fsp3) is 0.238. The lowest BCUT2D eigenvalue weighted by Crippen LogP contribution is -2.34. The number of aryl methyl sites for hydroxylation is 1. The van der Waals surface area contributed by atoms with Gasteiger partial charge in [0.25, 0.3) is 5.91 Å². The van der Waals surface area contributed by atoms with Crippen molar-refractivity contribution >= 4 is 22.4 Å². The van der Waals surface area contributed by atoms with E-state index in [1.165, 1.54) is 27.6 Å². The van der Waals surface area contributed by atoms with E-state index in [0.717, 1.165) is 19.4 Å². The molecule has 0 saturated heterocycles. The number of benzene rings is 1. The van der Waals surface area contributed by atoms with Crippen molar-refractivity contribution in [1.82, 2.24) is 14.9 Å². The van der Waals surface area contributed by atoms with Gasteiger partial charge in [-0.25, -0.2) is 0 Å². The fourth-order valence-corrected chi connectivity index (χ4v) is 3.55. The van der Waals surface area contributed by atoms with E-state index < -0.39 is 0 Å². The Morgan fingerprint density at radius 2 is 2.08 bits per heavy atom. The van der Waals surface area contributed by atoms with E-state index in [4.69, 9.17) is 0 Å². The van der Waals surface area contributed by atoms with Crippen LogP contribution in [0, 0.1) is 0 Å². The predicted molar refractivity (Wildman–Crippen MR) is 100 cm³/mol. The number of fused-ring (bicyclic) bond motifs is 1. The molecule has 0 spiro atoms. The number of aromatic nitrogens is 2. The lowest BCUT2D eigenvalue weighted by Gasteiger charge is -2.26. The number of hydrogen-bond acceptors (Lipinski definition) is 2. The molecule has 25 heavy (non-hydrogen) atoms. The predicted octanol–water partition coefficient (Wildman–Crippen LogP) is 4.05. The molecule has 0 unspecified atom stereocenters. The molecular weight excluding hydrogens is 310 g/mol. The van der Waals surface area contributed by atoms with E-state index >= 15 is 0 Å². The number of H-pyrrole nitrogens is 1. The summed E-state index contributed by atoms with van der Waals surface area (Å²) in [5, 5.41) is 1.28. The van der Waals surface area contributed by atoms with Gasteiger partial charge in [-0.15, -0.1) is 0 Å². The van der Waals surface area contributed by atoms with E-state index in [1.54, 1.807) is 24.5 Å². The molecule has 0 radical (unpaired) electrons. The molecule has 0 saturated carbocycles. The van der Waals surface area contributed by atoms with Crippen LogP contribution in [-0.2, 0) is 6.42 Å². The molecule has 0 bridgehead atoms. The molecule has 4 heteroatoms. The van der Waals surface area contributed by atoms with Crippen LogP contribution >= 0.6 is 0 Å². The van der Waals surface area contributed by atoms with Gasteiger partial charge in [0.05, 0.1) is 0 Å². The third-order valence-corrected chi connectivity index (χ3v) is 4.95. The molecule has 4 nitrogen and oxygen atoms in total. The van der Waals surface area contributed by atoms with E-state index in [2.05, 4.69) is 47.4 Å². The Bertz CT molecular complexity index is 940. The molecule has 0 fully saturated rings. The van der Waals surface area contributed by atoms with Crippen molar-refractivity contribution in [1.29, 1.82) is 0 Å². The average Bonchev–Trinajstić information content (AvgIpc) is 3.12. The number of carbonyl (C=O) groups excluding carboxylic acids is 1. The third-order valence-electron chi connectivity index (χ3n) is 4.95. The number of rotatable bonds is 3. The Morgan fingerprint density at radius 3 is 2.80 bits per heavy atom. The van der Waals surface area contributed by atoms with Crippen molar-refractivity contribution in [2.75, 3.05) is 13.1 Å². The highest BCUT2D eigenvalue weighted by Crippen LogP contribution is 2.31. The number of nitrogens with one attached hydrogen (secondary N) is 1. The normalized spacial score (nSPS) is 14.6. The van der Waals surface area contributed by atoms with Crippen LogP contribution in [0.15, 0.2) is 55.0 Å². The minimum absolute atomic E-state index is 0.0740. The lowest BCUT2D eigenvalue weighted by molar-refractivity contribution is 0.0773. The highest BCUT2D eigenvalue weighted by atomic mass is 16.2. The van der Waals surface area contributed by atoms with E-state index in [-0.39, 0.29) is 5.91 Å². The van der Waals surface area contributed by atoms with Crippen LogP contribution in [0.3, 0.4) is 0 Å². The summed E-state index contributed by atoms with van der Waals surface area (Å²) in [5.41, 5.74) is 5.86. The Balaban J connectivity index is 1.58. The molecular formula is C21H21N3O. The van der Waals surface area contributed by atoms with Crippen molar-refractivity contribution < 1.29 is 4.79 Å². The maximum absolute atomic E-state index is 12.6. The lowest BCUT2D eigenvalue weighted by atomic mass is 9.97. The SMILES string of the molecule is CCc1cccc2c(C3=CCN(C(=O)c4ccncc4)CC3)c[nH]c12. The van der Waals surface area contributed by atoms with E-state index in [1.807, 2.05) is 4.90 Å². The van der Waals surface area contributed by atoms with Gasteiger partial charge < -0.3 is 9.88 Å². The molecule has 4 rings (SSSR count). The van der Waals surface area contributed by atoms with Gasteiger partial charge in [-0.2, -0.15) is 0 Å². The highest BCUT2D eigenvalue weighted by molar-refractivity contribution is 5.96. The molecule has 126 valence electrons. The number of amides is 1. The molecule has 3 heterocycles. The summed E-state index contributed by atoms with van der Waals surface area (Å²) in [7, 11) is 0. The second-order valence-electron chi connectivity index (χ2n) is 6.36. The van der Waals surface area contributed by atoms with Crippen LogP contribution in [0.1, 0.15) is 34.8 Å². The van der Waals surface area contributed by atoms with Gasteiger partial charge in [-0.05, 0) is 36.1 Å².